The van der Waals surface area contributed by atoms with Gasteiger partial charge in [0.05, 0.1) is 10.1 Å². The minimum absolute atomic E-state index is 0.107. The van der Waals surface area contributed by atoms with Gasteiger partial charge in [0, 0.05) is 24.3 Å². The molecule has 0 saturated heterocycles. The van der Waals surface area contributed by atoms with Crippen LogP contribution in [0.3, 0.4) is 0 Å². The number of rotatable bonds is 4. The van der Waals surface area contributed by atoms with E-state index in [0.29, 0.717) is 39.4 Å². The largest absolute Gasteiger partial charge is 0.454 e. The molecular formula is C23H21N3O4S. The van der Waals surface area contributed by atoms with Crippen LogP contribution in [-0.4, -0.2) is 42.8 Å². The van der Waals surface area contributed by atoms with Crippen molar-refractivity contribution >= 4 is 34.6 Å². The van der Waals surface area contributed by atoms with Crippen LogP contribution in [0.15, 0.2) is 47.3 Å². The highest BCUT2D eigenvalue weighted by Gasteiger charge is 2.26. The summed E-state index contributed by atoms with van der Waals surface area (Å²) in [5.74, 6) is 1.18. The van der Waals surface area contributed by atoms with Gasteiger partial charge in [-0.1, -0.05) is 24.3 Å². The highest BCUT2D eigenvalue weighted by atomic mass is 32.1. The van der Waals surface area contributed by atoms with E-state index >= 15 is 0 Å². The number of thiazole rings is 1. The van der Waals surface area contributed by atoms with Crippen LogP contribution in [0.25, 0.3) is 11.6 Å². The molecule has 0 fully saturated rings. The Morgan fingerprint density at radius 1 is 1.13 bits per heavy atom. The van der Waals surface area contributed by atoms with Gasteiger partial charge in [-0.25, -0.2) is 0 Å². The number of carbonyl (C=O) groups excluding carboxylic acids is 1. The van der Waals surface area contributed by atoms with Gasteiger partial charge in [0.2, 0.25) is 6.79 Å². The Kier molecular flexibility index (Phi) is 4.88. The Morgan fingerprint density at radius 2 is 1.94 bits per heavy atom. The first-order valence-corrected chi connectivity index (χ1v) is 10.7. The van der Waals surface area contributed by atoms with Crippen molar-refractivity contribution in [1.82, 2.24) is 9.47 Å². The molecule has 1 aromatic heterocycles. The lowest BCUT2D eigenvalue weighted by molar-refractivity contribution is -0.110. The number of fused-ring (bicyclic) bond motifs is 2. The number of benzene rings is 2. The Hall–Kier alpha value is -3.36. The molecule has 0 spiro atoms. The normalized spacial score (nSPS) is 16.7. The Balaban J connectivity index is 1.72. The van der Waals surface area contributed by atoms with Gasteiger partial charge in [-0.05, 0) is 43.9 Å². The predicted molar refractivity (Wildman–Crippen MR) is 120 cm³/mol. The molecule has 158 valence electrons. The van der Waals surface area contributed by atoms with Crippen molar-refractivity contribution in [3.63, 3.8) is 0 Å². The first-order chi connectivity index (χ1) is 15.0. The monoisotopic (exact) mass is 435 g/mol. The molecule has 5 rings (SSSR count). The van der Waals surface area contributed by atoms with E-state index in [2.05, 4.69) is 5.32 Å². The molecule has 0 atom stereocenters. The van der Waals surface area contributed by atoms with Gasteiger partial charge in [-0.3, -0.25) is 14.2 Å². The molecule has 1 N–H and O–H groups in total. The number of amides is 1. The maximum absolute atomic E-state index is 13.3. The van der Waals surface area contributed by atoms with Crippen LogP contribution in [-0.2, 0) is 11.3 Å². The van der Waals surface area contributed by atoms with Gasteiger partial charge in [0.25, 0.3) is 11.5 Å². The molecule has 3 aromatic rings. The number of aromatic nitrogens is 1. The standard InChI is InChI=1S/C23H21N3O4S/c1-25(2)9-10-26-22(28)19(12-14-7-8-17-18(11-14)30-13-29-17)31-23(26)20-15-5-3-4-6-16(15)24-21(20)27/h3-8,11-12H,9-10,13H2,1-2H3,(H,24,27)/b19-12-,23-20-. The second-order valence-electron chi connectivity index (χ2n) is 7.66. The van der Waals surface area contributed by atoms with Crippen LogP contribution < -0.4 is 29.5 Å². The quantitative estimate of drug-likeness (QED) is 0.666. The minimum atomic E-state index is -0.185. The summed E-state index contributed by atoms with van der Waals surface area (Å²) in [6.45, 7) is 1.38. The molecule has 2 aromatic carbocycles. The third kappa shape index (κ3) is 3.54. The van der Waals surface area contributed by atoms with E-state index in [1.807, 2.05) is 67.5 Å². The van der Waals surface area contributed by atoms with Crippen molar-refractivity contribution in [2.45, 2.75) is 6.54 Å². The molecule has 0 radical (unpaired) electrons. The van der Waals surface area contributed by atoms with Gasteiger partial charge in [-0.2, -0.15) is 0 Å². The second-order valence-corrected chi connectivity index (χ2v) is 8.69. The van der Waals surface area contributed by atoms with Gasteiger partial charge in [-0.15, -0.1) is 11.3 Å². The molecule has 2 aliphatic heterocycles. The number of carbonyl (C=O) groups is 1. The summed E-state index contributed by atoms with van der Waals surface area (Å²) in [7, 11) is 3.92. The number of anilines is 1. The van der Waals surface area contributed by atoms with E-state index < -0.39 is 0 Å². The SMILES string of the molecule is CN(C)CCn1c(=O)/c(=C/c2ccc3c(c2)OCO3)s/c1=C1\C(=O)Nc2ccccc21. The molecule has 0 saturated carbocycles. The lowest BCUT2D eigenvalue weighted by Crippen LogP contribution is -2.36. The first kappa shape index (κ1) is 19.6. The number of nitrogens with zero attached hydrogens (tertiary/aromatic N) is 2. The zero-order valence-electron chi connectivity index (χ0n) is 17.2. The zero-order chi connectivity index (χ0) is 21.5. The summed E-state index contributed by atoms with van der Waals surface area (Å²) in [5.41, 5.74) is 2.87. The fourth-order valence-corrected chi connectivity index (χ4v) is 4.88. The molecular weight excluding hydrogens is 414 g/mol. The molecule has 7 nitrogen and oxygen atoms in total. The number of hydrogen-bond acceptors (Lipinski definition) is 6. The number of hydrogen-bond donors (Lipinski definition) is 1. The molecule has 3 heterocycles. The number of nitrogens with one attached hydrogen (secondary N) is 1. The van der Waals surface area contributed by atoms with Crippen LogP contribution in [0.5, 0.6) is 11.5 Å². The fraction of sp³-hybridized carbons (Fsp3) is 0.217. The van der Waals surface area contributed by atoms with Crippen molar-refractivity contribution in [3.05, 3.63) is 73.1 Å². The van der Waals surface area contributed by atoms with Crippen molar-refractivity contribution in [2.24, 2.45) is 0 Å². The van der Waals surface area contributed by atoms with Crippen molar-refractivity contribution < 1.29 is 14.3 Å². The van der Waals surface area contributed by atoms with E-state index in [0.717, 1.165) is 16.8 Å². The third-order valence-electron chi connectivity index (χ3n) is 5.26. The van der Waals surface area contributed by atoms with Crippen molar-refractivity contribution in [3.8, 4) is 11.5 Å². The molecule has 8 heteroatoms. The summed E-state index contributed by atoms with van der Waals surface area (Å²) in [6, 6.07) is 13.1. The van der Waals surface area contributed by atoms with Gasteiger partial charge >= 0.3 is 0 Å². The van der Waals surface area contributed by atoms with E-state index in [4.69, 9.17) is 9.47 Å². The average molecular weight is 436 g/mol. The minimum Gasteiger partial charge on any atom is -0.454 e. The smallest absolute Gasteiger partial charge is 0.269 e. The average Bonchev–Trinajstić information content (AvgIpc) is 3.42. The van der Waals surface area contributed by atoms with E-state index in [9.17, 15) is 9.59 Å². The lowest BCUT2D eigenvalue weighted by atomic mass is 10.1. The summed E-state index contributed by atoms with van der Waals surface area (Å²) in [5, 5.41) is 2.91. The number of para-hydroxylation sites is 1. The Morgan fingerprint density at radius 3 is 2.77 bits per heavy atom. The summed E-state index contributed by atoms with van der Waals surface area (Å²) < 4.78 is 13.8. The van der Waals surface area contributed by atoms with Gasteiger partial charge < -0.3 is 19.7 Å². The highest BCUT2D eigenvalue weighted by molar-refractivity contribution is 7.07. The van der Waals surface area contributed by atoms with E-state index in [1.165, 1.54) is 11.3 Å². The Labute approximate surface area is 182 Å². The molecule has 31 heavy (non-hydrogen) atoms. The maximum Gasteiger partial charge on any atom is 0.269 e. The maximum atomic E-state index is 13.3. The molecule has 0 aliphatic carbocycles. The third-order valence-corrected chi connectivity index (χ3v) is 6.39. The number of likely N-dealkylation sites (N-methyl/N-ethyl adjacent to an activating group) is 1. The fourth-order valence-electron chi connectivity index (χ4n) is 3.69. The summed E-state index contributed by atoms with van der Waals surface area (Å²) in [6.07, 6.45) is 1.84. The number of ether oxygens (including phenoxy) is 2. The Bertz CT molecular complexity index is 1370. The first-order valence-electron chi connectivity index (χ1n) is 9.92. The topological polar surface area (TPSA) is 72.8 Å². The molecule has 2 aliphatic rings. The van der Waals surface area contributed by atoms with Crippen molar-refractivity contribution in [1.29, 1.82) is 0 Å². The van der Waals surface area contributed by atoms with Gasteiger partial charge in [0.15, 0.2) is 11.5 Å². The zero-order valence-corrected chi connectivity index (χ0v) is 18.0. The summed E-state index contributed by atoms with van der Waals surface area (Å²) >= 11 is 1.34. The van der Waals surface area contributed by atoms with Crippen LogP contribution in [0.2, 0.25) is 0 Å². The van der Waals surface area contributed by atoms with Crippen molar-refractivity contribution in [2.75, 3.05) is 32.7 Å². The van der Waals surface area contributed by atoms with Crippen LogP contribution in [0, 0.1) is 0 Å². The second kappa shape index (κ2) is 7.72. The van der Waals surface area contributed by atoms with E-state index in [-0.39, 0.29) is 18.3 Å². The molecule has 1 amide bonds. The highest BCUT2D eigenvalue weighted by Crippen LogP contribution is 2.32. The molecule has 0 unspecified atom stereocenters. The predicted octanol–water partition coefficient (Wildman–Crippen LogP) is 1.18. The van der Waals surface area contributed by atoms with Crippen LogP contribution in [0.1, 0.15) is 11.1 Å². The molecule has 0 bridgehead atoms. The van der Waals surface area contributed by atoms with Crippen LogP contribution in [0.4, 0.5) is 5.69 Å². The van der Waals surface area contributed by atoms with Crippen LogP contribution >= 0.6 is 11.3 Å². The lowest BCUT2D eigenvalue weighted by Gasteiger charge is -2.10. The van der Waals surface area contributed by atoms with E-state index in [1.54, 1.807) is 4.57 Å². The van der Waals surface area contributed by atoms with Gasteiger partial charge in [0.1, 0.15) is 4.66 Å². The summed E-state index contributed by atoms with van der Waals surface area (Å²) in [4.78, 5) is 28.2.